The number of benzene rings is 1. The van der Waals surface area contributed by atoms with Gasteiger partial charge < -0.3 is 15.4 Å². The first-order valence-corrected chi connectivity index (χ1v) is 8.73. The lowest BCUT2D eigenvalue weighted by Crippen LogP contribution is -2.57. The lowest BCUT2D eigenvalue weighted by molar-refractivity contribution is -0.184. The molecule has 2 rings (SSSR count). The highest BCUT2D eigenvalue weighted by Crippen LogP contribution is 2.25. The highest BCUT2D eigenvalue weighted by Gasteiger charge is 2.43. The van der Waals surface area contributed by atoms with Crippen LogP contribution in [0.5, 0.6) is 5.75 Å². The molecule has 9 heteroatoms. The van der Waals surface area contributed by atoms with Crippen molar-refractivity contribution < 1.29 is 22.7 Å². The molecule has 0 radical (unpaired) electrons. The minimum atomic E-state index is -4.37. The summed E-state index contributed by atoms with van der Waals surface area (Å²) in [4.78, 5) is 13.5. The Morgan fingerprint density at radius 2 is 1.85 bits per heavy atom. The van der Waals surface area contributed by atoms with Crippen LogP contribution in [0.2, 0.25) is 0 Å². The van der Waals surface area contributed by atoms with E-state index in [9.17, 15) is 18.0 Å². The van der Waals surface area contributed by atoms with Crippen LogP contribution < -0.4 is 15.4 Å². The maximum atomic E-state index is 13.3. The molecule has 1 amide bonds. The van der Waals surface area contributed by atoms with Crippen molar-refractivity contribution in [3.8, 4) is 5.75 Å². The van der Waals surface area contributed by atoms with Gasteiger partial charge in [0, 0.05) is 39.1 Å². The second-order valence-corrected chi connectivity index (χ2v) is 6.53. The second kappa shape index (κ2) is 10.7. The van der Waals surface area contributed by atoms with Crippen molar-refractivity contribution in [2.75, 3.05) is 39.8 Å². The number of hydrogen-bond acceptors (Lipinski definition) is 4. The molecule has 1 saturated heterocycles. The van der Waals surface area contributed by atoms with Gasteiger partial charge in [-0.1, -0.05) is 19.1 Å². The van der Waals surface area contributed by atoms with E-state index in [-0.39, 0.29) is 30.7 Å². The third-order valence-electron chi connectivity index (χ3n) is 4.64. The zero-order valence-corrected chi connectivity index (χ0v) is 16.3. The number of piperazine rings is 1. The van der Waals surface area contributed by atoms with Gasteiger partial charge in [-0.25, -0.2) is 0 Å². The molecule has 1 fully saturated rings. The summed E-state index contributed by atoms with van der Waals surface area (Å²) in [6, 6.07) is 5.66. The van der Waals surface area contributed by atoms with Gasteiger partial charge in [-0.05, 0) is 23.6 Å². The molecule has 1 heterocycles. The lowest BCUT2D eigenvalue weighted by Gasteiger charge is -2.36. The molecule has 5 nitrogen and oxygen atoms in total. The fourth-order valence-electron chi connectivity index (χ4n) is 3.06. The molecule has 0 aromatic heterocycles. The number of methoxy groups -OCH3 is 1. The Balaban J connectivity index is 0.00000364. The van der Waals surface area contributed by atoms with Gasteiger partial charge >= 0.3 is 6.18 Å². The van der Waals surface area contributed by atoms with E-state index in [1.807, 2.05) is 19.1 Å². The number of halogens is 4. The molecule has 2 unspecified atom stereocenters. The Labute approximate surface area is 164 Å². The van der Waals surface area contributed by atoms with Gasteiger partial charge in [0.05, 0.1) is 7.11 Å². The standard InChI is InChI=1S/C18H26F3N3O2.ClH/c1-13(14-3-5-15(26-2)6-4-14)11-17(25)23-12-16(18(19,20)21)24-9-7-22-8-10-24;/h3-6,13,16,22H,7-12H2,1-2H3,(H,23,25);1H. The lowest BCUT2D eigenvalue weighted by atomic mass is 9.97. The third-order valence-corrected chi connectivity index (χ3v) is 4.64. The highest BCUT2D eigenvalue weighted by molar-refractivity contribution is 5.85. The van der Waals surface area contributed by atoms with E-state index in [1.165, 1.54) is 4.90 Å². The number of carbonyl (C=O) groups is 1. The summed E-state index contributed by atoms with van der Waals surface area (Å²) in [6.07, 6.45) is -4.23. The molecule has 1 aromatic rings. The van der Waals surface area contributed by atoms with Crippen LogP contribution in [-0.2, 0) is 4.79 Å². The number of carbonyl (C=O) groups excluding carboxylic acids is 1. The molecule has 1 aliphatic rings. The van der Waals surface area contributed by atoms with Crippen molar-refractivity contribution in [3.63, 3.8) is 0 Å². The van der Waals surface area contributed by atoms with Gasteiger partial charge in [0.1, 0.15) is 11.8 Å². The average Bonchev–Trinajstić information content (AvgIpc) is 2.61. The molecular weight excluding hydrogens is 383 g/mol. The number of hydrogen-bond donors (Lipinski definition) is 2. The quantitative estimate of drug-likeness (QED) is 0.726. The first-order chi connectivity index (χ1) is 12.3. The monoisotopic (exact) mass is 409 g/mol. The predicted octanol–water partition coefficient (Wildman–Crippen LogP) is 2.56. The van der Waals surface area contributed by atoms with Crippen molar-refractivity contribution in [2.24, 2.45) is 0 Å². The number of ether oxygens (including phenoxy) is 1. The number of rotatable bonds is 7. The molecule has 0 aliphatic carbocycles. The second-order valence-electron chi connectivity index (χ2n) is 6.53. The van der Waals surface area contributed by atoms with Crippen molar-refractivity contribution in [3.05, 3.63) is 29.8 Å². The fraction of sp³-hybridized carbons (Fsp3) is 0.611. The summed E-state index contributed by atoms with van der Waals surface area (Å²) in [5.74, 6) is 0.247. The molecule has 2 atom stereocenters. The number of alkyl halides is 3. The van der Waals surface area contributed by atoms with Gasteiger partial charge in [-0.15, -0.1) is 12.4 Å². The van der Waals surface area contributed by atoms with Crippen molar-refractivity contribution >= 4 is 18.3 Å². The molecule has 0 saturated carbocycles. The zero-order chi connectivity index (χ0) is 19.2. The summed E-state index contributed by atoms with van der Waals surface area (Å²) in [7, 11) is 1.57. The predicted molar refractivity (Wildman–Crippen MR) is 101 cm³/mol. The summed E-state index contributed by atoms with van der Waals surface area (Å²) in [5, 5.41) is 5.50. The van der Waals surface area contributed by atoms with E-state index in [4.69, 9.17) is 4.74 Å². The molecule has 0 spiro atoms. The van der Waals surface area contributed by atoms with E-state index in [1.54, 1.807) is 19.2 Å². The van der Waals surface area contributed by atoms with Crippen LogP contribution in [0.25, 0.3) is 0 Å². The Bertz CT molecular complexity index is 578. The van der Waals surface area contributed by atoms with Crippen molar-refractivity contribution in [1.29, 1.82) is 0 Å². The first kappa shape index (κ1) is 23.5. The average molecular weight is 410 g/mol. The number of nitrogens with one attached hydrogen (secondary N) is 2. The minimum Gasteiger partial charge on any atom is -0.497 e. The van der Waals surface area contributed by atoms with Crippen LogP contribution in [0.1, 0.15) is 24.8 Å². The smallest absolute Gasteiger partial charge is 0.405 e. The zero-order valence-electron chi connectivity index (χ0n) is 15.5. The maximum absolute atomic E-state index is 13.3. The highest BCUT2D eigenvalue weighted by atomic mass is 35.5. The Morgan fingerprint density at radius 1 is 1.26 bits per heavy atom. The van der Waals surface area contributed by atoms with Gasteiger partial charge in [-0.2, -0.15) is 13.2 Å². The number of amides is 1. The van der Waals surface area contributed by atoms with Crippen LogP contribution in [0, 0.1) is 0 Å². The van der Waals surface area contributed by atoms with Crippen LogP contribution in [-0.4, -0.2) is 62.9 Å². The summed E-state index contributed by atoms with van der Waals surface area (Å²) in [6.45, 7) is 3.14. The molecule has 2 N–H and O–H groups in total. The van der Waals surface area contributed by atoms with E-state index in [2.05, 4.69) is 10.6 Å². The Hall–Kier alpha value is -1.51. The molecule has 0 bridgehead atoms. The molecule has 154 valence electrons. The summed E-state index contributed by atoms with van der Waals surface area (Å²) < 4.78 is 45.1. The number of nitrogens with zero attached hydrogens (tertiary/aromatic N) is 1. The van der Waals surface area contributed by atoms with Crippen molar-refractivity contribution in [2.45, 2.75) is 31.5 Å². The topological polar surface area (TPSA) is 53.6 Å². The van der Waals surface area contributed by atoms with Crippen LogP contribution in [0.15, 0.2) is 24.3 Å². The van der Waals surface area contributed by atoms with E-state index in [0.717, 1.165) is 11.3 Å². The SMILES string of the molecule is COc1ccc(C(C)CC(=O)NCC(N2CCNCC2)C(F)(F)F)cc1.Cl. The van der Waals surface area contributed by atoms with Gasteiger partial charge in [0.15, 0.2) is 0 Å². The van der Waals surface area contributed by atoms with Crippen LogP contribution in [0.3, 0.4) is 0 Å². The normalized spacial score (nSPS) is 17.5. The molecular formula is C18H27ClF3N3O2. The van der Waals surface area contributed by atoms with Crippen molar-refractivity contribution in [1.82, 2.24) is 15.5 Å². The molecule has 1 aromatic carbocycles. The van der Waals surface area contributed by atoms with Crippen LogP contribution >= 0.6 is 12.4 Å². The molecule has 27 heavy (non-hydrogen) atoms. The maximum Gasteiger partial charge on any atom is 0.405 e. The van der Waals surface area contributed by atoms with Crippen LogP contribution in [0.4, 0.5) is 13.2 Å². The van der Waals surface area contributed by atoms with E-state index in [0.29, 0.717) is 26.2 Å². The summed E-state index contributed by atoms with van der Waals surface area (Å²) >= 11 is 0. The van der Waals surface area contributed by atoms with E-state index >= 15 is 0 Å². The minimum absolute atomic E-state index is 0. The largest absolute Gasteiger partial charge is 0.497 e. The van der Waals surface area contributed by atoms with Gasteiger partial charge in [-0.3, -0.25) is 9.69 Å². The Morgan fingerprint density at radius 3 is 2.37 bits per heavy atom. The summed E-state index contributed by atoms with van der Waals surface area (Å²) in [5.41, 5.74) is 0.940. The first-order valence-electron chi connectivity index (χ1n) is 8.73. The van der Waals surface area contributed by atoms with Gasteiger partial charge in [0.2, 0.25) is 5.91 Å². The van der Waals surface area contributed by atoms with Gasteiger partial charge in [0.25, 0.3) is 0 Å². The molecule has 1 aliphatic heterocycles. The third kappa shape index (κ3) is 7.20. The van der Waals surface area contributed by atoms with E-state index < -0.39 is 18.8 Å². The fourth-order valence-corrected chi connectivity index (χ4v) is 3.06. The Kier molecular flexibility index (Phi) is 9.35.